The third-order valence-electron chi connectivity index (χ3n) is 5.43. The van der Waals surface area contributed by atoms with Crippen LogP contribution >= 0.6 is 0 Å². The van der Waals surface area contributed by atoms with Crippen LogP contribution in [0.4, 0.5) is 0 Å². The third-order valence-corrected chi connectivity index (χ3v) is 5.43. The second-order valence-electron chi connectivity index (χ2n) is 8.14. The van der Waals surface area contributed by atoms with Gasteiger partial charge in [0, 0.05) is 25.5 Å². The summed E-state index contributed by atoms with van der Waals surface area (Å²) in [5.41, 5.74) is -1.42. The largest absolute Gasteiger partial charge is 0.508 e. The number of hydrogen-bond acceptors (Lipinski definition) is 13. The molecular weight excluding hydrogens is 496 g/mol. The molecule has 13 nitrogen and oxygen atoms in total. The van der Waals surface area contributed by atoms with E-state index >= 15 is 0 Å². The standard InChI is InChI=1S/C24H22O13/c1-9(25)34-21-15(30)8-33-24(23(21)35-10(2)26)37-20-14(29)7-13(28)16-17(31)18(32)19(36-22(16)20)11-3-5-12(27)6-4-11/h3-7,15,21,23-24,27-30,32H,8H2,1-2H3. The molecule has 0 bridgehead atoms. The monoisotopic (exact) mass is 518 g/mol. The number of aliphatic hydroxyl groups excluding tert-OH is 1. The number of carbonyl (C=O) groups excluding carboxylic acids is 2. The Morgan fingerprint density at radius 3 is 2.19 bits per heavy atom. The Kier molecular flexibility index (Phi) is 6.83. The molecule has 13 heteroatoms. The van der Waals surface area contributed by atoms with Crippen LogP contribution < -0.4 is 10.2 Å². The van der Waals surface area contributed by atoms with Crippen LogP contribution in [0.5, 0.6) is 28.7 Å². The molecular formula is C24H22O13. The second-order valence-corrected chi connectivity index (χ2v) is 8.14. The van der Waals surface area contributed by atoms with E-state index in [0.717, 1.165) is 19.9 Å². The molecule has 0 amide bonds. The van der Waals surface area contributed by atoms with E-state index in [4.69, 9.17) is 23.4 Å². The van der Waals surface area contributed by atoms with Gasteiger partial charge in [0.1, 0.15) is 23.0 Å². The zero-order valence-corrected chi connectivity index (χ0v) is 19.4. The molecule has 5 N–H and O–H groups in total. The number of aromatic hydroxyl groups is 4. The highest BCUT2D eigenvalue weighted by Crippen LogP contribution is 2.44. The van der Waals surface area contributed by atoms with E-state index < -0.39 is 82.5 Å². The Morgan fingerprint density at radius 2 is 1.57 bits per heavy atom. The van der Waals surface area contributed by atoms with E-state index in [2.05, 4.69) is 0 Å². The lowest BCUT2D eigenvalue weighted by Gasteiger charge is -2.38. The predicted octanol–water partition coefficient (Wildman–Crippen LogP) is 1.24. The normalized spacial score (nSPS) is 21.4. The van der Waals surface area contributed by atoms with E-state index in [9.17, 15) is 39.9 Å². The molecule has 4 atom stereocenters. The summed E-state index contributed by atoms with van der Waals surface area (Å²) >= 11 is 0. The van der Waals surface area contributed by atoms with Crippen LogP contribution in [0.2, 0.25) is 0 Å². The quantitative estimate of drug-likeness (QED) is 0.302. The summed E-state index contributed by atoms with van der Waals surface area (Å²) < 4.78 is 27.1. The number of phenols is 3. The van der Waals surface area contributed by atoms with Crippen LogP contribution in [0.1, 0.15) is 13.8 Å². The van der Waals surface area contributed by atoms with Crippen molar-refractivity contribution in [3.8, 4) is 40.1 Å². The van der Waals surface area contributed by atoms with Gasteiger partial charge in [0.25, 0.3) is 0 Å². The zero-order chi connectivity index (χ0) is 27.0. The van der Waals surface area contributed by atoms with Crippen molar-refractivity contribution in [3.05, 3.63) is 40.6 Å². The molecule has 1 aliphatic rings. The van der Waals surface area contributed by atoms with Crippen molar-refractivity contribution < 1.29 is 58.5 Å². The van der Waals surface area contributed by atoms with Crippen molar-refractivity contribution in [1.29, 1.82) is 0 Å². The average Bonchev–Trinajstić information content (AvgIpc) is 2.82. The number of carbonyl (C=O) groups is 2. The van der Waals surface area contributed by atoms with Crippen molar-refractivity contribution in [3.63, 3.8) is 0 Å². The number of esters is 2. The first-order valence-electron chi connectivity index (χ1n) is 10.8. The summed E-state index contributed by atoms with van der Waals surface area (Å²) in [6, 6.07) is 5.99. The molecule has 4 rings (SSSR count). The Hall–Kier alpha value is -4.49. The van der Waals surface area contributed by atoms with Crippen molar-refractivity contribution in [1.82, 2.24) is 0 Å². The van der Waals surface area contributed by atoms with Crippen LogP contribution in [0.15, 0.2) is 39.5 Å². The maximum absolute atomic E-state index is 12.9. The summed E-state index contributed by atoms with van der Waals surface area (Å²) in [5, 5.41) is 50.6. The minimum Gasteiger partial charge on any atom is -0.508 e. The molecule has 0 saturated carbocycles. The maximum atomic E-state index is 12.9. The van der Waals surface area contributed by atoms with Gasteiger partial charge in [-0.2, -0.15) is 0 Å². The molecule has 1 aliphatic heterocycles. The highest BCUT2D eigenvalue weighted by molar-refractivity contribution is 5.93. The molecule has 2 heterocycles. The summed E-state index contributed by atoms with van der Waals surface area (Å²) in [6.07, 6.45) is -5.91. The molecule has 0 aliphatic carbocycles. The first kappa shape index (κ1) is 25.6. The molecule has 1 fully saturated rings. The van der Waals surface area contributed by atoms with Crippen molar-refractivity contribution in [2.24, 2.45) is 0 Å². The summed E-state index contributed by atoms with van der Waals surface area (Å²) in [7, 11) is 0. The van der Waals surface area contributed by atoms with Crippen LogP contribution in [0.25, 0.3) is 22.3 Å². The van der Waals surface area contributed by atoms with Gasteiger partial charge in [-0.3, -0.25) is 14.4 Å². The van der Waals surface area contributed by atoms with Gasteiger partial charge in [-0.15, -0.1) is 0 Å². The van der Waals surface area contributed by atoms with E-state index in [1.807, 2.05) is 0 Å². The third kappa shape index (κ3) is 4.94. The van der Waals surface area contributed by atoms with E-state index in [-0.39, 0.29) is 17.1 Å². The highest BCUT2D eigenvalue weighted by atomic mass is 16.7. The van der Waals surface area contributed by atoms with Gasteiger partial charge < -0.3 is 48.9 Å². The van der Waals surface area contributed by atoms with Gasteiger partial charge in [0.15, 0.2) is 23.2 Å². The first-order valence-corrected chi connectivity index (χ1v) is 10.8. The highest BCUT2D eigenvalue weighted by Gasteiger charge is 2.46. The molecule has 3 aromatic rings. The molecule has 2 aromatic carbocycles. The molecule has 4 unspecified atom stereocenters. The number of benzene rings is 2. The minimum atomic E-state index is -1.59. The summed E-state index contributed by atoms with van der Waals surface area (Å²) in [6.45, 7) is 1.71. The second kappa shape index (κ2) is 9.87. The topological polar surface area (TPSA) is 202 Å². The molecule has 0 spiro atoms. The number of hydrogen-bond donors (Lipinski definition) is 5. The van der Waals surface area contributed by atoms with Crippen LogP contribution in [0, 0.1) is 0 Å². The Bertz CT molecular complexity index is 1410. The Balaban J connectivity index is 1.86. The SMILES string of the molecule is CC(=O)OC1C(O)COC(Oc2c(O)cc(O)c3c(=O)c(O)c(-c4ccc(O)cc4)oc23)C1OC(C)=O. The van der Waals surface area contributed by atoms with Crippen LogP contribution in [-0.4, -0.2) is 68.7 Å². The molecule has 1 saturated heterocycles. The summed E-state index contributed by atoms with van der Waals surface area (Å²) in [4.78, 5) is 36.3. The fourth-order valence-electron chi connectivity index (χ4n) is 3.85. The fourth-order valence-corrected chi connectivity index (χ4v) is 3.85. The van der Waals surface area contributed by atoms with E-state index in [1.54, 1.807) is 0 Å². The lowest BCUT2D eigenvalue weighted by molar-refractivity contribution is -0.256. The fraction of sp³-hybridized carbons (Fsp3) is 0.292. The minimum absolute atomic E-state index is 0.0961. The van der Waals surface area contributed by atoms with Gasteiger partial charge in [-0.05, 0) is 24.3 Å². The Labute approximate surface area is 207 Å². The van der Waals surface area contributed by atoms with Crippen molar-refractivity contribution in [2.45, 2.75) is 38.4 Å². The number of fused-ring (bicyclic) bond motifs is 1. The van der Waals surface area contributed by atoms with Gasteiger partial charge in [-0.25, -0.2) is 0 Å². The first-order chi connectivity index (χ1) is 17.5. The molecule has 196 valence electrons. The summed E-state index contributed by atoms with van der Waals surface area (Å²) in [5.74, 6) is -4.98. The van der Waals surface area contributed by atoms with Gasteiger partial charge in [0.05, 0.1) is 6.61 Å². The number of rotatable bonds is 5. The predicted molar refractivity (Wildman–Crippen MR) is 122 cm³/mol. The van der Waals surface area contributed by atoms with Crippen LogP contribution in [-0.2, 0) is 23.8 Å². The number of aliphatic hydroxyl groups is 1. The number of ether oxygens (including phenoxy) is 4. The molecule has 1 aromatic heterocycles. The lowest BCUT2D eigenvalue weighted by Crippen LogP contribution is -2.58. The van der Waals surface area contributed by atoms with Crippen molar-refractivity contribution in [2.75, 3.05) is 6.61 Å². The number of phenolic OH excluding ortho intramolecular Hbond substituents is 3. The van der Waals surface area contributed by atoms with Gasteiger partial charge in [-0.1, -0.05) is 0 Å². The molecule has 37 heavy (non-hydrogen) atoms. The maximum Gasteiger partial charge on any atom is 0.303 e. The lowest BCUT2D eigenvalue weighted by atomic mass is 10.0. The van der Waals surface area contributed by atoms with Crippen LogP contribution in [0.3, 0.4) is 0 Å². The van der Waals surface area contributed by atoms with E-state index in [0.29, 0.717) is 0 Å². The molecule has 0 radical (unpaired) electrons. The van der Waals surface area contributed by atoms with Gasteiger partial charge in [0.2, 0.25) is 29.3 Å². The smallest absolute Gasteiger partial charge is 0.303 e. The van der Waals surface area contributed by atoms with E-state index in [1.165, 1.54) is 24.3 Å². The van der Waals surface area contributed by atoms with Crippen molar-refractivity contribution >= 4 is 22.9 Å². The Morgan fingerprint density at radius 1 is 0.946 bits per heavy atom. The van der Waals surface area contributed by atoms with Gasteiger partial charge >= 0.3 is 11.9 Å². The average molecular weight is 518 g/mol. The zero-order valence-electron chi connectivity index (χ0n) is 19.4.